The van der Waals surface area contributed by atoms with Crippen LogP contribution >= 0.6 is 0 Å². The molecule has 0 aromatic heterocycles. The highest BCUT2D eigenvalue weighted by atomic mass is 16.5. The van der Waals surface area contributed by atoms with Crippen molar-refractivity contribution < 1.29 is 19.3 Å². The Labute approximate surface area is 184 Å². The molecule has 3 N–H and O–H groups in total. The number of nitrogens with zero attached hydrogens (tertiary/aromatic N) is 1. The van der Waals surface area contributed by atoms with Crippen LogP contribution in [0.15, 0.2) is 47.5 Å². The Kier molecular flexibility index (Phi) is 8.41. The van der Waals surface area contributed by atoms with Gasteiger partial charge in [-0.25, -0.2) is 4.99 Å². The quantitative estimate of drug-likeness (QED) is 0.442. The Bertz CT molecular complexity index is 852. The number of hydrogen-bond acceptors (Lipinski definition) is 5. The van der Waals surface area contributed by atoms with E-state index in [1.165, 1.54) is 0 Å². The molecule has 1 atom stereocenters. The second-order valence-electron chi connectivity index (χ2n) is 7.62. The molecule has 0 bridgehead atoms. The molecule has 0 saturated heterocycles. The van der Waals surface area contributed by atoms with Gasteiger partial charge in [0.05, 0.1) is 32.0 Å². The number of aliphatic imine (C=N–C) groups is 1. The maximum atomic E-state index is 10.6. The Balaban J connectivity index is 1.61. The summed E-state index contributed by atoms with van der Waals surface area (Å²) in [6.07, 6.45) is 0.318. The van der Waals surface area contributed by atoms with Gasteiger partial charge in [-0.1, -0.05) is 24.3 Å². The van der Waals surface area contributed by atoms with Crippen LogP contribution in [-0.2, 0) is 6.54 Å². The first kappa shape index (κ1) is 22.7. The zero-order chi connectivity index (χ0) is 22.1. The molecule has 2 aromatic carbocycles. The first-order valence-electron chi connectivity index (χ1n) is 10.9. The first-order valence-corrected chi connectivity index (χ1v) is 10.9. The van der Waals surface area contributed by atoms with E-state index in [0.717, 1.165) is 41.3 Å². The van der Waals surface area contributed by atoms with Gasteiger partial charge in [-0.05, 0) is 44.5 Å². The maximum Gasteiger partial charge on any atom is 0.191 e. The summed E-state index contributed by atoms with van der Waals surface area (Å²) in [5.41, 5.74) is 1.79. The van der Waals surface area contributed by atoms with Gasteiger partial charge >= 0.3 is 0 Å². The van der Waals surface area contributed by atoms with E-state index in [1.54, 1.807) is 0 Å². The summed E-state index contributed by atoms with van der Waals surface area (Å²) in [5.74, 6) is 2.96. The molecule has 0 amide bonds. The molecular weight excluding hydrogens is 394 g/mol. The van der Waals surface area contributed by atoms with Crippen molar-refractivity contribution in [1.29, 1.82) is 0 Å². The number of guanidine groups is 1. The third-order valence-corrected chi connectivity index (χ3v) is 4.70. The normalized spacial score (nSPS) is 14.7. The number of nitrogens with one attached hydrogen (secondary N) is 2. The Morgan fingerprint density at radius 2 is 1.87 bits per heavy atom. The van der Waals surface area contributed by atoms with Crippen LogP contribution in [0.25, 0.3) is 0 Å². The first-order chi connectivity index (χ1) is 15.1. The summed E-state index contributed by atoms with van der Waals surface area (Å²) in [6, 6.07) is 13.4. The van der Waals surface area contributed by atoms with Gasteiger partial charge in [0.1, 0.15) is 5.75 Å². The largest absolute Gasteiger partial charge is 0.491 e. The third kappa shape index (κ3) is 6.79. The number of aliphatic hydroxyl groups excluding tert-OH is 1. The van der Waals surface area contributed by atoms with Crippen molar-refractivity contribution in [2.45, 2.75) is 45.9 Å². The van der Waals surface area contributed by atoms with Gasteiger partial charge in [0, 0.05) is 25.1 Å². The van der Waals surface area contributed by atoms with Crippen molar-refractivity contribution in [3.8, 4) is 17.2 Å². The van der Waals surface area contributed by atoms with Gasteiger partial charge in [0.25, 0.3) is 0 Å². The van der Waals surface area contributed by atoms with Gasteiger partial charge in [-0.3, -0.25) is 0 Å². The summed E-state index contributed by atoms with van der Waals surface area (Å²) in [6.45, 7) is 8.77. The van der Waals surface area contributed by atoms with Crippen LogP contribution in [0.4, 0.5) is 0 Å². The summed E-state index contributed by atoms with van der Waals surface area (Å²) in [7, 11) is 0. The third-order valence-electron chi connectivity index (χ3n) is 4.70. The Morgan fingerprint density at radius 1 is 1.10 bits per heavy atom. The van der Waals surface area contributed by atoms with Gasteiger partial charge in [0.2, 0.25) is 0 Å². The molecule has 3 rings (SSSR count). The molecule has 1 heterocycles. The Morgan fingerprint density at radius 3 is 2.61 bits per heavy atom. The van der Waals surface area contributed by atoms with Crippen LogP contribution in [0.5, 0.6) is 17.2 Å². The molecule has 168 valence electrons. The van der Waals surface area contributed by atoms with Crippen molar-refractivity contribution in [3.63, 3.8) is 0 Å². The van der Waals surface area contributed by atoms with Crippen LogP contribution in [0.3, 0.4) is 0 Å². The number of benzene rings is 2. The molecule has 0 aliphatic carbocycles. The van der Waals surface area contributed by atoms with Gasteiger partial charge < -0.3 is 30.0 Å². The highest BCUT2D eigenvalue weighted by Gasteiger charge is 2.14. The van der Waals surface area contributed by atoms with Gasteiger partial charge in [-0.2, -0.15) is 0 Å². The minimum Gasteiger partial charge on any atom is -0.491 e. The monoisotopic (exact) mass is 427 g/mol. The number of ether oxygens (including phenoxy) is 3. The van der Waals surface area contributed by atoms with Crippen LogP contribution in [0, 0.1) is 0 Å². The van der Waals surface area contributed by atoms with E-state index in [-0.39, 0.29) is 6.10 Å². The molecule has 1 unspecified atom stereocenters. The summed E-state index contributed by atoms with van der Waals surface area (Å²) in [5, 5.41) is 17.0. The lowest BCUT2D eigenvalue weighted by Gasteiger charge is -2.17. The number of fused-ring (bicyclic) bond motifs is 1. The fourth-order valence-electron chi connectivity index (χ4n) is 3.24. The lowest BCUT2D eigenvalue weighted by atomic mass is 10.1. The zero-order valence-electron chi connectivity index (χ0n) is 18.6. The van der Waals surface area contributed by atoms with Crippen molar-refractivity contribution in [1.82, 2.24) is 10.6 Å². The molecule has 7 heteroatoms. The predicted octanol–water partition coefficient (Wildman–Crippen LogP) is 3.42. The smallest absolute Gasteiger partial charge is 0.191 e. The molecule has 2 aromatic rings. The summed E-state index contributed by atoms with van der Waals surface area (Å²) in [4.78, 5) is 4.66. The Hall–Kier alpha value is -2.93. The molecule has 31 heavy (non-hydrogen) atoms. The lowest BCUT2D eigenvalue weighted by molar-refractivity contribution is 0.180. The van der Waals surface area contributed by atoms with Crippen LogP contribution < -0.4 is 24.8 Å². The van der Waals surface area contributed by atoms with E-state index in [1.807, 2.05) is 63.2 Å². The number of aliphatic hydroxyl groups is 1. The average Bonchev–Trinajstić information content (AvgIpc) is 3.01. The molecule has 0 saturated carbocycles. The van der Waals surface area contributed by atoms with Crippen molar-refractivity contribution in [2.75, 3.05) is 26.3 Å². The number of rotatable bonds is 8. The standard InChI is InChI=1S/C24H33N3O4/c1-4-25-24(26-15-19-7-5-8-22-23(19)30-14-6-13-29-22)27-16-21(28)18-9-11-20(12-10-18)31-17(2)3/h5,7-12,17,21,28H,4,6,13-16H2,1-3H3,(H2,25,26,27). The van der Waals surface area contributed by atoms with E-state index in [4.69, 9.17) is 14.2 Å². The van der Waals surface area contributed by atoms with Crippen molar-refractivity contribution in [2.24, 2.45) is 4.99 Å². The molecule has 7 nitrogen and oxygen atoms in total. The van der Waals surface area contributed by atoms with E-state index >= 15 is 0 Å². The molecule has 1 aliphatic heterocycles. The number of para-hydroxylation sites is 1. The maximum absolute atomic E-state index is 10.6. The van der Waals surface area contributed by atoms with Crippen LogP contribution in [-0.4, -0.2) is 43.5 Å². The molecule has 0 radical (unpaired) electrons. The molecule has 1 aliphatic rings. The second kappa shape index (κ2) is 11.5. The predicted molar refractivity (Wildman–Crippen MR) is 122 cm³/mol. The minimum absolute atomic E-state index is 0.118. The lowest BCUT2D eigenvalue weighted by Crippen LogP contribution is -2.39. The highest BCUT2D eigenvalue weighted by Crippen LogP contribution is 2.33. The van der Waals surface area contributed by atoms with Crippen LogP contribution in [0.2, 0.25) is 0 Å². The SMILES string of the molecule is CCNC(=NCc1cccc2c1OCCCO2)NCC(O)c1ccc(OC(C)C)cc1. The minimum atomic E-state index is -0.665. The molecular formula is C24H33N3O4. The van der Waals surface area contributed by atoms with Crippen LogP contribution in [0.1, 0.15) is 44.4 Å². The van der Waals surface area contributed by atoms with E-state index in [9.17, 15) is 5.11 Å². The highest BCUT2D eigenvalue weighted by molar-refractivity contribution is 5.79. The summed E-state index contributed by atoms with van der Waals surface area (Å²) < 4.78 is 17.3. The van der Waals surface area contributed by atoms with Gasteiger partial charge in [0.15, 0.2) is 17.5 Å². The van der Waals surface area contributed by atoms with Gasteiger partial charge in [-0.15, -0.1) is 0 Å². The number of hydrogen-bond donors (Lipinski definition) is 3. The zero-order valence-corrected chi connectivity index (χ0v) is 18.6. The average molecular weight is 428 g/mol. The van der Waals surface area contributed by atoms with E-state index < -0.39 is 6.10 Å². The van der Waals surface area contributed by atoms with Crippen molar-refractivity contribution >= 4 is 5.96 Å². The van der Waals surface area contributed by atoms with E-state index in [0.29, 0.717) is 32.3 Å². The fraction of sp³-hybridized carbons (Fsp3) is 0.458. The van der Waals surface area contributed by atoms with E-state index in [2.05, 4.69) is 15.6 Å². The second-order valence-corrected chi connectivity index (χ2v) is 7.62. The molecule has 0 spiro atoms. The van der Waals surface area contributed by atoms with Crippen molar-refractivity contribution in [3.05, 3.63) is 53.6 Å². The fourth-order valence-corrected chi connectivity index (χ4v) is 3.24. The molecule has 0 fully saturated rings. The topological polar surface area (TPSA) is 84.3 Å². The summed E-state index contributed by atoms with van der Waals surface area (Å²) >= 11 is 0.